The number of ether oxygens (including phenoxy) is 2. The van der Waals surface area contributed by atoms with Gasteiger partial charge in [-0.15, -0.1) is 0 Å². The average Bonchev–Trinajstić information content (AvgIpc) is 2.89. The number of fused-ring (bicyclic) bond motifs is 2. The average molecular weight is 469 g/mol. The molecule has 0 spiro atoms. The number of hydrogen-bond donors (Lipinski definition) is 0. The van der Waals surface area contributed by atoms with E-state index in [1.54, 1.807) is 0 Å². The molecule has 2 heterocycles. The van der Waals surface area contributed by atoms with Crippen LogP contribution in [0.25, 0.3) is 32.7 Å². The summed E-state index contributed by atoms with van der Waals surface area (Å²) in [5.74, 6) is 2.53. The Hall–Kier alpha value is -4.70. The molecular weight excluding hydrogens is 444 g/mol. The van der Waals surface area contributed by atoms with Crippen LogP contribution in [0, 0.1) is 13.8 Å². The van der Waals surface area contributed by atoms with Gasteiger partial charge in [-0.25, -0.2) is 9.97 Å². The van der Waals surface area contributed by atoms with E-state index in [0.29, 0.717) is 23.3 Å². The van der Waals surface area contributed by atoms with Crippen molar-refractivity contribution in [1.29, 1.82) is 0 Å². The molecule has 0 saturated carbocycles. The van der Waals surface area contributed by atoms with Crippen LogP contribution >= 0.6 is 0 Å². The van der Waals surface area contributed by atoms with Crippen molar-refractivity contribution in [3.8, 4) is 34.4 Å². The molecular formula is C32H24N2O2. The minimum absolute atomic E-state index is 0.551. The van der Waals surface area contributed by atoms with Gasteiger partial charge in [-0.2, -0.15) is 0 Å². The van der Waals surface area contributed by atoms with Crippen molar-refractivity contribution in [1.82, 2.24) is 9.97 Å². The summed E-state index contributed by atoms with van der Waals surface area (Å²) < 4.78 is 12.9. The number of aryl methyl sites for hydroxylation is 2. The molecule has 0 amide bonds. The van der Waals surface area contributed by atoms with Gasteiger partial charge in [0.2, 0.25) is 11.8 Å². The Morgan fingerprint density at radius 3 is 1.33 bits per heavy atom. The standard InChI is InChI=1S/C32H24N2O2/c1-21-9-7-15-29(33-21)35-27-19-17-23-11-3-5-13-25(23)31(27)32-26-14-6-4-12-24(26)18-20-28(32)36-30-16-8-10-22(2)34-30/h3-20H,1-2H3. The quantitative estimate of drug-likeness (QED) is 0.254. The molecule has 0 bridgehead atoms. The maximum Gasteiger partial charge on any atom is 0.219 e. The second kappa shape index (κ2) is 9.16. The van der Waals surface area contributed by atoms with Crippen LogP contribution in [0.4, 0.5) is 0 Å². The maximum absolute atomic E-state index is 6.44. The van der Waals surface area contributed by atoms with E-state index in [1.165, 1.54) is 0 Å². The van der Waals surface area contributed by atoms with E-state index in [2.05, 4.69) is 46.4 Å². The first-order valence-electron chi connectivity index (χ1n) is 11.9. The monoisotopic (exact) mass is 468 g/mol. The second-order valence-electron chi connectivity index (χ2n) is 8.76. The molecule has 2 aromatic heterocycles. The summed E-state index contributed by atoms with van der Waals surface area (Å²) >= 11 is 0. The van der Waals surface area contributed by atoms with Crippen LogP contribution in [0.2, 0.25) is 0 Å². The van der Waals surface area contributed by atoms with E-state index in [1.807, 2.05) is 86.6 Å². The molecule has 4 aromatic carbocycles. The van der Waals surface area contributed by atoms with Crippen LogP contribution in [0.1, 0.15) is 11.4 Å². The number of rotatable bonds is 5. The molecule has 0 atom stereocenters. The van der Waals surface area contributed by atoms with Gasteiger partial charge in [-0.1, -0.05) is 72.8 Å². The van der Waals surface area contributed by atoms with Gasteiger partial charge in [0.15, 0.2) is 0 Å². The van der Waals surface area contributed by atoms with Gasteiger partial charge in [0.25, 0.3) is 0 Å². The summed E-state index contributed by atoms with van der Waals surface area (Å²) in [5.41, 5.74) is 3.70. The molecule has 6 rings (SSSR count). The first kappa shape index (κ1) is 21.8. The van der Waals surface area contributed by atoms with Gasteiger partial charge in [0.05, 0.1) is 0 Å². The van der Waals surface area contributed by atoms with Gasteiger partial charge in [-0.3, -0.25) is 0 Å². The highest BCUT2D eigenvalue weighted by Gasteiger charge is 2.20. The van der Waals surface area contributed by atoms with E-state index in [-0.39, 0.29) is 0 Å². The lowest BCUT2D eigenvalue weighted by atomic mass is 9.92. The van der Waals surface area contributed by atoms with Crippen LogP contribution in [0.3, 0.4) is 0 Å². The highest BCUT2D eigenvalue weighted by Crippen LogP contribution is 2.47. The van der Waals surface area contributed by atoms with Crippen molar-refractivity contribution in [3.05, 3.63) is 121 Å². The summed E-state index contributed by atoms with van der Waals surface area (Å²) in [6.45, 7) is 3.92. The molecule has 0 fully saturated rings. The van der Waals surface area contributed by atoms with E-state index >= 15 is 0 Å². The molecule has 4 nitrogen and oxygen atoms in total. The third kappa shape index (κ3) is 4.14. The number of hydrogen-bond acceptors (Lipinski definition) is 4. The Morgan fingerprint density at radius 1 is 0.444 bits per heavy atom. The van der Waals surface area contributed by atoms with Crippen molar-refractivity contribution >= 4 is 21.5 Å². The van der Waals surface area contributed by atoms with Crippen molar-refractivity contribution in [3.63, 3.8) is 0 Å². The van der Waals surface area contributed by atoms with E-state index in [0.717, 1.165) is 44.1 Å². The van der Waals surface area contributed by atoms with Crippen molar-refractivity contribution in [2.75, 3.05) is 0 Å². The fourth-order valence-corrected chi connectivity index (χ4v) is 4.56. The molecule has 0 saturated heterocycles. The third-order valence-corrected chi connectivity index (χ3v) is 6.19. The van der Waals surface area contributed by atoms with Crippen LogP contribution in [0.5, 0.6) is 23.3 Å². The lowest BCUT2D eigenvalue weighted by Gasteiger charge is -2.19. The molecule has 0 N–H and O–H groups in total. The maximum atomic E-state index is 6.44. The molecule has 4 heteroatoms. The van der Waals surface area contributed by atoms with Gasteiger partial charge < -0.3 is 9.47 Å². The normalized spacial score (nSPS) is 11.1. The van der Waals surface area contributed by atoms with E-state index in [4.69, 9.17) is 9.47 Å². The van der Waals surface area contributed by atoms with Crippen molar-refractivity contribution in [2.45, 2.75) is 13.8 Å². The van der Waals surface area contributed by atoms with E-state index in [9.17, 15) is 0 Å². The summed E-state index contributed by atoms with van der Waals surface area (Å²) in [6.07, 6.45) is 0. The third-order valence-electron chi connectivity index (χ3n) is 6.19. The molecule has 0 aliphatic rings. The largest absolute Gasteiger partial charge is 0.438 e. The highest BCUT2D eigenvalue weighted by atomic mass is 16.5. The number of nitrogens with zero attached hydrogens (tertiary/aromatic N) is 2. The highest BCUT2D eigenvalue weighted by molar-refractivity contribution is 6.09. The zero-order valence-corrected chi connectivity index (χ0v) is 20.1. The lowest BCUT2D eigenvalue weighted by Crippen LogP contribution is -1.97. The van der Waals surface area contributed by atoms with Crippen molar-refractivity contribution < 1.29 is 9.47 Å². The molecule has 0 aliphatic carbocycles. The molecule has 0 unspecified atom stereocenters. The van der Waals surface area contributed by atoms with Gasteiger partial charge in [0.1, 0.15) is 11.5 Å². The van der Waals surface area contributed by atoms with Gasteiger partial charge in [0, 0.05) is 34.6 Å². The Labute approximate surface area is 209 Å². The minimum Gasteiger partial charge on any atom is -0.438 e. The molecule has 36 heavy (non-hydrogen) atoms. The van der Waals surface area contributed by atoms with Crippen LogP contribution < -0.4 is 9.47 Å². The second-order valence-corrected chi connectivity index (χ2v) is 8.76. The topological polar surface area (TPSA) is 44.2 Å². The first-order chi connectivity index (χ1) is 17.7. The molecule has 6 aromatic rings. The zero-order valence-electron chi connectivity index (χ0n) is 20.1. The lowest BCUT2D eigenvalue weighted by molar-refractivity contribution is 0.457. The summed E-state index contributed by atoms with van der Waals surface area (Å²) in [4.78, 5) is 9.16. The predicted molar refractivity (Wildman–Crippen MR) is 145 cm³/mol. The number of pyridine rings is 2. The number of aromatic nitrogens is 2. The zero-order chi connectivity index (χ0) is 24.5. The SMILES string of the molecule is Cc1cccc(Oc2ccc3ccccc3c2-c2c(Oc3cccc(C)n3)ccc3ccccc23)n1. The molecule has 174 valence electrons. The predicted octanol–water partition coefficient (Wildman–Crippen LogP) is 8.65. The van der Waals surface area contributed by atoms with Crippen LogP contribution in [-0.4, -0.2) is 9.97 Å². The molecule has 0 aliphatic heterocycles. The minimum atomic E-state index is 0.551. The fourth-order valence-electron chi connectivity index (χ4n) is 4.56. The van der Waals surface area contributed by atoms with E-state index < -0.39 is 0 Å². The smallest absolute Gasteiger partial charge is 0.219 e. The van der Waals surface area contributed by atoms with Crippen LogP contribution in [-0.2, 0) is 0 Å². The number of benzene rings is 4. The summed E-state index contributed by atoms with van der Waals surface area (Å²) in [7, 11) is 0. The first-order valence-corrected chi connectivity index (χ1v) is 11.9. The van der Waals surface area contributed by atoms with Crippen LogP contribution in [0.15, 0.2) is 109 Å². The Bertz CT molecular complexity index is 1600. The Balaban J connectivity index is 1.64. The van der Waals surface area contributed by atoms with Crippen molar-refractivity contribution in [2.24, 2.45) is 0 Å². The Kier molecular flexibility index (Phi) is 5.55. The Morgan fingerprint density at radius 2 is 0.889 bits per heavy atom. The van der Waals surface area contributed by atoms with Gasteiger partial charge >= 0.3 is 0 Å². The summed E-state index contributed by atoms with van der Waals surface area (Å²) in [5, 5.41) is 4.37. The van der Waals surface area contributed by atoms with Gasteiger partial charge in [-0.05, 0) is 59.7 Å². The summed E-state index contributed by atoms with van der Waals surface area (Å²) in [6, 6.07) is 36.4. The fraction of sp³-hybridized carbons (Fsp3) is 0.0625. The molecule has 0 radical (unpaired) electrons.